The van der Waals surface area contributed by atoms with Crippen LogP contribution >= 0.6 is 0 Å². The Kier molecular flexibility index (Phi) is 24.3. The van der Waals surface area contributed by atoms with Gasteiger partial charge in [0.25, 0.3) is 0 Å². The minimum atomic E-state index is -0.630. The van der Waals surface area contributed by atoms with Crippen molar-refractivity contribution in [3.05, 3.63) is 35.9 Å². The number of carbonyl (C=O) groups excluding carboxylic acids is 3. The van der Waals surface area contributed by atoms with Crippen LogP contribution < -0.4 is 11.1 Å². The third-order valence-electron chi connectivity index (χ3n) is 4.98. The molecule has 0 fully saturated rings. The predicted molar refractivity (Wildman–Crippen MR) is 142 cm³/mol. The van der Waals surface area contributed by atoms with E-state index in [4.69, 9.17) is 24.7 Å². The van der Waals surface area contributed by atoms with Crippen LogP contribution in [0.4, 0.5) is 0 Å². The number of unbranched alkanes of at least 4 members (excludes halogenated alkanes) is 1. The van der Waals surface area contributed by atoms with Crippen LogP contribution in [0.1, 0.15) is 52.5 Å². The van der Waals surface area contributed by atoms with Crippen molar-refractivity contribution in [3.8, 4) is 0 Å². The van der Waals surface area contributed by atoms with Gasteiger partial charge in [0.05, 0.1) is 38.7 Å². The molecule has 0 aliphatic heterocycles. The number of methoxy groups -OCH3 is 1. The lowest BCUT2D eigenvalue weighted by molar-refractivity contribution is -0.148. The summed E-state index contributed by atoms with van der Waals surface area (Å²) in [5.74, 6) is -1.49. The van der Waals surface area contributed by atoms with E-state index < -0.39 is 11.9 Å². The van der Waals surface area contributed by atoms with Gasteiger partial charge < -0.3 is 30.0 Å². The van der Waals surface area contributed by atoms with Gasteiger partial charge in [-0.05, 0) is 37.8 Å². The summed E-state index contributed by atoms with van der Waals surface area (Å²) >= 11 is 0. The summed E-state index contributed by atoms with van der Waals surface area (Å²) in [6.07, 6.45) is 2.87. The number of hydrogen-bond donors (Lipinski definition) is 2. The monoisotopic (exact) mass is 512 g/mol. The molecule has 0 saturated heterocycles. The smallest absolute Gasteiger partial charge is 0.306 e. The van der Waals surface area contributed by atoms with Crippen LogP contribution in [-0.4, -0.2) is 77.5 Å². The largest absolute Gasteiger partial charge is 0.463 e. The van der Waals surface area contributed by atoms with Gasteiger partial charge in [-0.15, -0.1) is 0 Å². The molecule has 1 unspecified atom stereocenters. The Bertz CT molecular complexity index is 686. The second-order valence-electron chi connectivity index (χ2n) is 7.88. The van der Waals surface area contributed by atoms with Crippen LogP contribution in [0.3, 0.4) is 0 Å². The van der Waals surface area contributed by atoms with E-state index in [9.17, 15) is 14.4 Å². The van der Waals surface area contributed by atoms with Crippen LogP contribution in [0.5, 0.6) is 0 Å². The fourth-order valence-corrected chi connectivity index (χ4v) is 3.11. The zero-order valence-corrected chi connectivity index (χ0v) is 20.3. The zero-order chi connectivity index (χ0) is 24.9. The van der Waals surface area contributed by atoms with Gasteiger partial charge in [-0.25, -0.2) is 0 Å². The lowest BCUT2D eigenvalue weighted by Gasteiger charge is -2.16. The Morgan fingerprint density at radius 1 is 0.889 bits per heavy atom. The molecule has 0 aromatic heterocycles. The molecular weight excluding hydrogens is 464 g/mol. The van der Waals surface area contributed by atoms with E-state index in [1.165, 1.54) is 0 Å². The van der Waals surface area contributed by atoms with Crippen molar-refractivity contribution in [2.75, 3.05) is 59.8 Å². The van der Waals surface area contributed by atoms with Crippen molar-refractivity contribution in [2.24, 2.45) is 11.7 Å². The van der Waals surface area contributed by atoms with Crippen molar-refractivity contribution in [3.63, 3.8) is 0 Å². The molecular formula is C27H48N2O7. The highest BCUT2D eigenvalue weighted by Crippen LogP contribution is 2.14. The first kappa shape index (κ1) is 35.8. The first-order chi connectivity index (χ1) is 16.6. The molecule has 0 saturated carbocycles. The summed E-state index contributed by atoms with van der Waals surface area (Å²) in [6, 6.07) is 9.44. The average Bonchev–Trinajstić information content (AvgIpc) is 2.84. The topological polar surface area (TPSA) is 126 Å². The molecule has 0 radical (unpaired) electrons. The minimum absolute atomic E-state index is 0. The van der Waals surface area contributed by atoms with Crippen molar-refractivity contribution in [1.29, 1.82) is 0 Å². The van der Waals surface area contributed by atoms with Crippen LogP contribution in [0.25, 0.3) is 0 Å². The van der Waals surface area contributed by atoms with Crippen molar-refractivity contribution >= 4 is 17.7 Å². The Morgan fingerprint density at radius 2 is 1.56 bits per heavy atom. The van der Waals surface area contributed by atoms with Gasteiger partial charge >= 0.3 is 5.97 Å². The second-order valence-corrected chi connectivity index (χ2v) is 7.88. The molecule has 0 heterocycles. The highest BCUT2D eigenvalue weighted by Gasteiger charge is 2.23. The first-order valence-corrected chi connectivity index (χ1v) is 11.9. The number of esters is 1. The number of Topliss-reactive ketones (excluding diaryl/α,β-unsaturated/α-hetero) is 1. The number of nitrogens with one attached hydrogen (secondary N) is 1. The van der Waals surface area contributed by atoms with Crippen LogP contribution in [0, 0.1) is 5.92 Å². The highest BCUT2D eigenvalue weighted by molar-refractivity contribution is 5.88. The van der Waals surface area contributed by atoms with Crippen LogP contribution in [0.15, 0.2) is 30.3 Å². The second kappa shape index (κ2) is 24.4. The average molecular weight is 513 g/mol. The lowest BCUT2D eigenvalue weighted by atomic mass is 9.95. The first-order valence-electron chi connectivity index (χ1n) is 11.9. The number of amides is 1. The van der Waals surface area contributed by atoms with Gasteiger partial charge in [-0.1, -0.05) is 45.2 Å². The Labute approximate surface area is 217 Å². The fraction of sp³-hybridized carbons (Fsp3) is 0.667. The summed E-state index contributed by atoms with van der Waals surface area (Å²) in [5.41, 5.74) is 6.33. The maximum atomic E-state index is 12.8. The molecule has 208 valence electrons. The summed E-state index contributed by atoms with van der Waals surface area (Å²) in [4.78, 5) is 37.2. The maximum Gasteiger partial charge on any atom is 0.306 e. The SMILES string of the molecule is C.C.COCCOCCCCC(=O)CNC(=O)C(CC(=O)OCCOCCCN)Cc1ccccc1. The van der Waals surface area contributed by atoms with Gasteiger partial charge in [-0.3, -0.25) is 14.4 Å². The number of nitrogens with two attached hydrogens (primary N) is 1. The van der Waals surface area contributed by atoms with Crippen molar-refractivity contribution in [1.82, 2.24) is 5.32 Å². The number of ether oxygens (including phenoxy) is 4. The van der Waals surface area contributed by atoms with E-state index in [-0.39, 0.29) is 52.7 Å². The van der Waals surface area contributed by atoms with Gasteiger partial charge in [0.1, 0.15) is 6.61 Å². The van der Waals surface area contributed by atoms with Gasteiger partial charge in [0.15, 0.2) is 5.78 Å². The fourth-order valence-electron chi connectivity index (χ4n) is 3.11. The van der Waals surface area contributed by atoms with E-state index in [2.05, 4.69) is 5.32 Å². The molecule has 1 aromatic carbocycles. The Balaban J connectivity index is 0. The number of rotatable bonds is 21. The molecule has 1 aromatic rings. The van der Waals surface area contributed by atoms with Gasteiger partial charge in [0.2, 0.25) is 5.91 Å². The standard InChI is InChI=1S/C25H40N2O7.2CH4/c1-31-14-15-32-12-6-5-10-23(28)20-27-25(30)22(18-21-8-3-2-4-9-21)19-24(29)34-17-16-33-13-7-11-26;;/h2-4,8-9,22H,5-7,10-20,26H2,1H3,(H,27,30);2*1H4. The molecule has 0 aliphatic rings. The minimum Gasteiger partial charge on any atom is -0.463 e. The van der Waals surface area contributed by atoms with Crippen LogP contribution in [-0.2, 0) is 39.8 Å². The summed E-state index contributed by atoms with van der Waals surface area (Å²) in [6.45, 7) is 3.06. The molecule has 36 heavy (non-hydrogen) atoms. The summed E-state index contributed by atoms with van der Waals surface area (Å²) in [7, 11) is 1.62. The molecule has 9 nitrogen and oxygen atoms in total. The van der Waals surface area contributed by atoms with E-state index in [1.54, 1.807) is 7.11 Å². The third-order valence-corrected chi connectivity index (χ3v) is 4.98. The normalized spacial score (nSPS) is 11.1. The van der Waals surface area contributed by atoms with Gasteiger partial charge in [0, 0.05) is 26.7 Å². The van der Waals surface area contributed by atoms with Crippen molar-refractivity contribution < 1.29 is 33.3 Å². The van der Waals surface area contributed by atoms with E-state index in [1.807, 2.05) is 30.3 Å². The van der Waals surface area contributed by atoms with Crippen LogP contribution in [0.2, 0.25) is 0 Å². The lowest BCUT2D eigenvalue weighted by Crippen LogP contribution is -2.37. The molecule has 1 atom stereocenters. The molecule has 9 heteroatoms. The van der Waals surface area contributed by atoms with Crippen molar-refractivity contribution in [2.45, 2.75) is 53.4 Å². The third kappa shape index (κ3) is 18.9. The van der Waals surface area contributed by atoms with E-state index >= 15 is 0 Å². The van der Waals surface area contributed by atoms with E-state index in [0.29, 0.717) is 52.2 Å². The summed E-state index contributed by atoms with van der Waals surface area (Å²) in [5, 5.41) is 2.69. The quantitative estimate of drug-likeness (QED) is 0.190. The predicted octanol–water partition coefficient (Wildman–Crippen LogP) is 2.93. The maximum absolute atomic E-state index is 12.8. The Hall–Kier alpha value is -2.33. The molecule has 0 spiro atoms. The number of carbonyl (C=O) groups is 3. The number of hydrogen-bond acceptors (Lipinski definition) is 8. The molecule has 3 N–H and O–H groups in total. The molecule has 0 aliphatic carbocycles. The molecule has 0 bridgehead atoms. The highest BCUT2D eigenvalue weighted by atomic mass is 16.6. The van der Waals surface area contributed by atoms with E-state index in [0.717, 1.165) is 18.4 Å². The number of ketones is 1. The number of benzene rings is 1. The molecule has 1 rings (SSSR count). The zero-order valence-electron chi connectivity index (χ0n) is 20.3. The van der Waals surface area contributed by atoms with Gasteiger partial charge in [-0.2, -0.15) is 0 Å². The summed E-state index contributed by atoms with van der Waals surface area (Å²) < 4.78 is 20.8. The molecule has 1 amide bonds. The Morgan fingerprint density at radius 3 is 2.22 bits per heavy atom.